The van der Waals surface area contributed by atoms with E-state index in [-0.39, 0.29) is 21.4 Å². The van der Waals surface area contributed by atoms with Crippen LogP contribution in [0.5, 0.6) is 0 Å². The molecule has 0 aromatic heterocycles. The van der Waals surface area contributed by atoms with Gasteiger partial charge in [-0.25, -0.2) is 8.42 Å². The summed E-state index contributed by atoms with van der Waals surface area (Å²) in [5.41, 5.74) is 0.221. The van der Waals surface area contributed by atoms with Gasteiger partial charge in [0.1, 0.15) is 0 Å². The van der Waals surface area contributed by atoms with Crippen molar-refractivity contribution in [3.8, 4) is 0 Å². The van der Waals surface area contributed by atoms with Gasteiger partial charge in [-0.3, -0.25) is 4.79 Å². The van der Waals surface area contributed by atoms with E-state index >= 15 is 0 Å². The number of hydrogen-bond acceptors (Lipinski definition) is 4. The molecule has 1 heterocycles. The summed E-state index contributed by atoms with van der Waals surface area (Å²) in [6.07, 6.45) is 11.2. The molecule has 6 nitrogen and oxygen atoms in total. The van der Waals surface area contributed by atoms with Gasteiger partial charge in [-0.05, 0) is 63.9 Å². The van der Waals surface area contributed by atoms with Gasteiger partial charge in [-0.1, -0.05) is 43.7 Å². The molecule has 1 saturated heterocycles. The van der Waals surface area contributed by atoms with Crippen molar-refractivity contribution in [2.24, 2.45) is 0 Å². The lowest BCUT2D eigenvalue weighted by Gasteiger charge is -2.31. The van der Waals surface area contributed by atoms with E-state index in [1.54, 1.807) is 0 Å². The van der Waals surface area contributed by atoms with E-state index < -0.39 is 10.0 Å². The molecule has 31 heavy (non-hydrogen) atoms. The minimum atomic E-state index is -3.62. The van der Waals surface area contributed by atoms with E-state index in [0.717, 1.165) is 38.6 Å². The number of carbonyl (C=O) groups excluding carboxylic acids is 1. The second-order valence-electron chi connectivity index (χ2n) is 8.84. The smallest absolute Gasteiger partial charge is 0.252 e. The number of benzene rings is 1. The van der Waals surface area contributed by atoms with Crippen LogP contribution in [0.4, 0.5) is 0 Å². The number of nitrogens with one attached hydrogen (secondary N) is 1. The van der Waals surface area contributed by atoms with Crippen LogP contribution in [0, 0.1) is 0 Å². The Kier molecular flexibility index (Phi) is 9.19. The molecule has 1 amide bonds. The number of halogens is 1. The average Bonchev–Trinajstić information content (AvgIpc) is 3.07. The van der Waals surface area contributed by atoms with E-state index in [1.165, 1.54) is 54.6 Å². The Hall–Kier alpha value is -1.15. The van der Waals surface area contributed by atoms with E-state index in [2.05, 4.69) is 17.3 Å². The highest BCUT2D eigenvalue weighted by atomic mass is 35.5. The molecule has 1 aliphatic carbocycles. The zero-order valence-electron chi connectivity index (χ0n) is 18.6. The summed E-state index contributed by atoms with van der Waals surface area (Å²) in [6, 6.07) is 5.09. The summed E-state index contributed by atoms with van der Waals surface area (Å²) in [4.78, 5) is 15.2. The highest BCUT2D eigenvalue weighted by Crippen LogP contribution is 2.25. The molecule has 0 spiro atoms. The lowest BCUT2D eigenvalue weighted by atomic mass is 9.94. The first-order chi connectivity index (χ1) is 14.9. The van der Waals surface area contributed by atoms with E-state index in [1.807, 2.05) is 0 Å². The molecule has 1 N–H and O–H groups in total. The summed E-state index contributed by atoms with van der Waals surface area (Å²) < 4.78 is 27.6. The Morgan fingerprint density at radius 3 is 2.42 bits per heavy atom. The molecule has 2 fully saturated rings. The van der Waals surface area contributed by atoms with Gasteiger partial charge in [0.2, 0.25) is 10.0 Å². The molecule has 0 bridgehead atoms. The van der Waals surface area contributed by atoms with Crippen molar-refractivity contribution in [3.63, 3.8) is 0 Å². The lowest BCUT2D eigenvalue weighted by Crippen LogP contribution is -2.36. The standard InChI is InChI=1S/C23H36ClN3O3S/c1-26(19-10-5-4-6-11-19)15-9-14-25-23(28)21-18-20(12-13-22(21)24)31(29,30)27-16-7-2-3-8-17-27/h12-13,18-19H,2-11,14-17H2,1H3,(H,25,28). The molecule has 174 valence electrons. The molecular weight excluding hydrogens is 434 g/mol. The summed E-state index contributed by atoms with van der Waals surface area (Å²) in [7, 11) is -1.46. The minimum Gasteiger partial charge on any atom is -0.352 e. The number of nitrogens with zero attached hydrogens (tertiary/aromatic N) is 2. The van der Waals surface area contributed by atoms with Crippen molar-refractivity contribution >= 4 is 27.5 Å². The fourth-order valence-corrected chi connectivity index (χ4v) is 6.35. The second kappa shape index (κ2) is 11.6. The van der Waals surface area contributed by atoms with Gasteiger partial charge < -0.3 is 10.2 Å². The van der Waals surface area contributed by atoms with Crippen molar-refractivity contribution in [2.45, 2.75) is 75.1 Å². The second-order valence-corrected chi connectivity index (χ2v) is 11.2. The summed E-state index contributed by atoms with van der Waals surface area (Å²) in [5, 5.41) is 3.18. The van der Waals surface area contributed by atoms with Gasteiger partial charge in [0, 0.05) is 25.7 Å². The van der Waals surface area contributed by atoms with Crippen LogP contribution in [-0.2, 0) is 10.0 Å². The maximum absolute atomic E-state index is 13.1. The summed E-state index contributed by atoms with van der Waals surface area (Å²) >= 11 is 6.24. The van der Waals surface area contributed by atoms with Crippen molar-refractivity contribution in [3.05, 3.63) is 28.8 Å². The Labute approximate surface area is 192 Å². The zero-order chi connectivity index (χ0) is 22.3. The van der Waals surface area contributed by atoms with Crippen LogP contribution in [0.2, 0.25) is 5.02 Å². The fourth-order valence-electron chi connectivity index (χ4n) is 4.60. The highest BCUT2D eigenvalue weighted by molar-refractivity contribution is 7.89. The predicted molar refractivity (Wildman–Crippen MR) is 125 cm³/mol. The van der Waals surface area contributed by atoms with Gasteiger partial charge in [0.05, 0.1) is 15.5 Å². The lowest BCUT2D eigenvalue weighted by molar-refractivity contribution is 0.0950. The van der Waals surface area contributed by atoms with Gasteiger partial charge in [-0.15, -0.1) is 0 Å². The molecule has 8 heteroatoms. The third kappa shape index (κ3) is 6.67. The highest BCUT2D eigenvalue weighted by Gasteiger charge is 2.26. The third-order valence-corrected chi connectivity index (χ3v) is 8.78. The largest absolute Gasteiger partial charge is 0.352 e. The van der Waals surface area contributed by atoms with Crippen molar-refractivity contribution in [1.29, 1.82) is 0 Å². The van der Waals surface area contributed by atoms with E-state index in [4.69, 9.17) is 11.6 Å². The normalized spacial score (nSPS) is 19.3. The topological polar surface area (TPSA) is 69.7 Å². The number of hydrogen-bond donors (Lipinski definition) is 1. The van der Waals surface area contributed by atoms with E-state index in [0.29, 0.717) is 25.7 Å². The summed E-state index contributed by atoms with van der Waals surface area (Å²) in [5.74, 6) is -0.321. The average molecular weight is 470 g/mol. The monoisotopic (exact) mass is 469 g/mol. The molecule has 0 radical (unpaired) electrons. The fraction of sp³-hybridized carbons (Fsp3) is 0.696. The number of sulfonamides is 1. The molecule has 1 aliphatic heterocycles. The van der Waals surface area contributed by atoms with Crippen LogP contribution >= 0.6 is 11.6 Å². The van der Waals surface area contributed by atoms with Gasteiger partial charge >= 0.3 is 0 Å². The van der Waals surface area contributed by atoms with Crippen LogP contribution in [0.3, 0.4) is 0 Å². The Morgan fingerprint density at radius 1 is 1.10 bits per heavy atom. The van der Waals surface area contributed by atoms with Gasteiger partial charge in [-0.2, -0.15) is 4.31 Å². The minimum absolute atomic E-state index is 0.140. The molecule has 1 saturated carbocycles. The van der Waals surface area contributed by atoms with E-state index in [9.17, 15) is 13.2 Å². The van der Waals surface area contributed by atoms with Crippen molar-refractivity contribution in [2.75, 3.05) is 33.2 Å². The third-order valence-electron chi connectivity index (χ3n) is 6.56. The molecule has 1 aromatic rings. The van der Waals surface area contributed by atoms with Crippen molar-refractivity contribution in [1.82, 2.24) is 14.5 Å². The summed E-state index contributed by atoms with van der Waals surface area (Å²) in [6.45, 7) is 2.53. The van der Waals surface area contributed by atoms with Gasteiger partial charge in [0.15, 0.2) is 0 Å². The first kappa shape index (κ1) is 24.5. The maximum atomic E-state index is 13.1. The SMILES string of the molecule is CN(CCCNC(=O)c1cc(S(=O)(=O)N2CCCCCC2)ccc1Cl)C1CCCCC1. The van der Waals surface area contributed by atoms with Crippen LogP contribution in [0.25, 0.3) is 0 Å². The molecule has 2 aliphatic rings. The van der Waals surface area contributed by atoms with Crippen molar-refractivity contribution < 1.29 is 13.2 Å². The molecular formula is C23H36ClN3O3S. The van der Waals surface area contributed by atoms with Crippen LogP contribution < -0.4 is 5.32 Å². The zero-order valence-corrected chi connectivity index (χ0v) is 20.2. The Morgan fingerprint density at radius 2 is 1.74 bits per heavy atom. The van der Waals surface area contributed by atoms with Crippen LogP contribution in [0.15, 0.2) is 23.1 Å². The Balaban J connectivity index is 1.57. The van der Waals surface area contributed by atoms with Gasteiger partial charge in [0.25, 0.3) is 5.91 Å². The first-order valence-corrected chi connectivity index (χ1v) is 13.5. The molecule has 0 atom stereocenters. The number of rotatable bonds is 8. The molecule has 0 unspecified atom stereocenters. The first-order valence-electron chi connectivity index (χ1n) is 11.7. The van der Waals surface area contributed by atoms with Crippen LogP contribution in [0.1, 0.15) is 74.6 Å². The van der Waals surface area contributed by atoms with Crippen LogP contribution in [-0.4, -0.2) is 62.8 Å². The Bertz CT molecular complexity index is 832. The predicted octanol–water partition coefficient (Wildman–Crippen LogP) is 4.29. The molecule has 3 rings (SSSR count). The number of amides is 1. The molecule has 1 aromatic carbocycles. The number of carbonyl (C=O) groups is 1. The quantitative estimate of drug-likeness (QED) is 0.576. The maximum Gasteiger partial charge on any atom is 0.252 e.